The van der Waals surface area contributed by atoms with Crippen LogP contribution in [0.3, 0.4) is 0 Å². The third kappa shape index (κ3) is 3.85. The van der Waals surface area contributed by atoms with Crippen molar-refractivity contribution in [2.24, 2.45) is 0 Å². The van der Waals surface area contributed by atoms with Gasteiger partial charge in [-0.05, 0) is 44.3 Å². The molecular formula is C15H16Cl2N2O. The first-order valence-electron chi connectivity index (χ1n) is 6.28. The number of aryl methyl sites for hydroxylation is 1. The summed E-state index contributed by atoms with van der Waals surface area (Å²) in [4.78, 5) is 4.47. The molecule has 0 aliphatic rings. The molecule has 20 heavy (non-hydrogen) atoms. The molecule has 0 atom stereocenters. The Kier molecular flexibility index (Phi) is 5.24. The second-order valence-electron chi connectivity index (χ2n) is 4.45. The second kappa shape index (κ2) is 6.93. The van der Waals surface area contributed by atoms with E-state index in [2.05, 4.69) is 10.3 Å². The Morgan fingerprint density at radius 3 is 2.75 bits per heavy atom. The fraction of sp³-hybridized carbons (Fsp3) is 0.267. The largest absolute Gasteiger partial charge is 0.487 e. The van der Waals surface area contributed by atoms with Crippen LogP contribution in [0, 0.1) is 6.92 Å². The minimum atomic E-state index is 0.362. The van der Waals surface area contributed by atoms with Crippen molar-refractivity contribution in [3.05, 3.63) is 57.3 Å². The van der Waals surface area contributed by atoms with Crippen LogP contribution in [0.5, 0.6) is 5.75 Å². The molecule has 1 aromatic carbocycles. The van der Waals surface area contributed by atoms with Gasteiger partial charge in [0.25, 0.3) is 0 Å². The molecule has 0 spiro atoms. The first-order valence-corrected chi connectivity index (χ1v) is 7.03. The molecule has 0 aliphatic heterocycles. The van der Waals surface area contributed by atoms with Gasteiger partial charge in [-0.25, -0.2) is 0 Å². The van der Waals surface area contributed by atoms with Crippen LogP contribution in [0.15, 0.2) is 30.3 Å². The normalized spacial score (nSPS) is 10.6. The van der Waals surface area contributed by atoms with Crippen molar-refractivity contribution in [3.8, 4) is 5.75 Å². The van der Waals surface area contributed by atoms with E-state index in [4.69, 9.17) is 27.9 Å². The molecule has 0 fully saturated rings. The predicted molar refractivity (Wildman–Crippen MR) is 82.5 cm³/mol. The highest BCUT2D eigenvalue weighted by molar-refractivity contribution is 6.33. The van der Waals surface area contributed by atoms with Crippen LogP contribution >= 0.6 is 23.2 Å². The van der Waals surface area contributed by atoms with Gasteiger partial charge >= 0.3 is 0 Å². The number of rotatable bonds is 5. The summed E-state index contributed by atoms with van der Waals surface area (Å²) >= 11 is 12.1. The first-order chi connectivity index (χ1) is 9.60. The van der Waals surface area contributed by atoms with Crippen molar-refractivity contribution >= 4 is 23.2 Å². The smallest absolute Gasteiger partial charge is 0.142 e. The van der Waals surface area contributed by atoms with Crippen molar-refractivity contribution in [1.29, 1.82) is 0 Å². The molecule has 2 aromatic rings. The lowest BCUT2D eigenvalue weighted by Crippen LogP contribution is -2.10. The predicted octanol–water partition coefficient (Wildman–Crippen LogP) is 4.00. The van der Waals surface area contributed by atoms with Gasteiger partial charge < -0.3 is 10.1 Å². The van der Waals surface area contributed by atoms with E-state index in [1.54, 1.807) is 12.1 Å². The standard InChI is InChI=1S/C15H16Cl2N2O/c1-10-3-6-15(14(19-10)8-18-2)20-9-11-7-12(16)4-5-13(11)17/h3-7,18H,8-9H2,1-2H3. The van der Waals surface area contributed by atoms with Crippen molar-refractivity contribution < 1.29 is 4.74 Å². The second-order valence-corrected chi connectivity index (χ2v) is 5.30. The lowest BCUT2D eigenvalue weighted by molar-refractivity contribution is 0.300. The molecule has 0 saturated heterocycles. The van der Waals surface area contributed by atoms with Crippen LogP contribution in [0.4, 0.5) is 0 Å². The zero-order valence-electron chi connectivity index (χ0n) is 11.4. The molecule has 5 heteroatoms. The Balaban J connectivity index is 2.16. The van der Waals surface area contributed by atoms with Crippen LogP contribution in [-0.4, -0.2) is 12.0 Å². The van der Waals surface area contributed by atoms with Crippen molar-refractivity contribution in [2.75, 3.05) is 7.05 Å². The molecule has 0 radical (unpaired) electrons. The Hall–Kier alpha value is -1.29. The lowest BCUT2D eigenvalue weighted by Gasteiger charge is -2.12. The third-order valence-electron chi connectivity index (χ3n) is 2.81. The minimum Gasteiger partial charge on any atom is -0.487 e. The molecule has 3 nitrogen and oxygen atoms in total. The van der Waals surface area contributed by atoms with E-state index >= 15 is 0 Å². The van der Waals surface area contributed by atoms with Gasteiger partial charge in [0, 0.05) is 27.8 Å². The fourth-order valence-corrected chi connectivity index (χ4v) is 2.20. The number of nitrogens with zero attached hydrogens (tertiary/aromatic N) is 1. The van der Waals surface area contributed by atoms with Gasteiger partial charge in [-0.15, -0.1) is 0 Å². The highest BCUT2D eigenvalue weighted by Crippen LogP contribution is 2.24. The van der Waals surface area contributed by atoms with E-state index in [9.17, 15) is 0 Å². The number of pyridine rings is 1. The van der Waals surface area contributed by atoms with Crippen LogP contribution < -0.4 is 10.1 Å². The van der Waals surface area contributed by atoms with Crippen molar-refractivity contribution in [3.63, 3.8) is 0 Å². The number of ether oxygens (including phenoxy) is 1. The maximum Gasteiger partial charge on any atom is 0.142 e. The summed E-state index contributed by atoms with van der Waals surface area (Å²) in [6, 6.07) is 9.18. The van der Waals surface area contributed by atoms with Gasteiger partial charge in [0.1, 0.15) is 12.4 Å². The van der Waals surface area contributed by atoms with Crippen LogP contribution in [0.2, 0.25) is 10.0 Å². The fourth-order valence-electron chi connectivity index (χ4n) is 1.83. The summed E-state index contributed by atoms with van der Waals surface area (Å²) < 4.78 is 5.82. The molecule has 2 rings (SSSR count). The monoisotopic (exact) mass is 310 g/mol. The first kappa shape index (κ1) is 15.1. The van der Waals surface area contributed by atoms with E-state index < -0.39 is 0 Å². The van der Waals surface area contributed by atoms with Gasteiger partial charge in [-0.1, -0.05) is 23.2 Å². The number of hydrogen-bond donors (Lipinski definition) is 1. The molecule has 1 heterocycles. The number of halogens is 2. The van der Waals surface area contributed by atoms with Crippen molar-refractivity contribution in [1.82, 2.24) is 10.3 Å². The molecule has 1 N–H and O–H groups in total. The highest BCUT2D eigenvalue weighted by Gasteiger charge is 2.07. The number of nitrogens with one attached hydrogen (secondary N) is 1. The highest BCUT2D eigenvalue weighted by atomic mass is 35.5. The zero-order valence-corrected chi connectivity index (χ0v) is 12.9. The Morgan fingerprint density at radius 1 is 1.20 bits per heavy atom. The zero-order chi connectivity index (χ0) is 14.5. The summed E-state index contributed by atoms with van der Waals surface area (Å²) in [5.74, 6) is 0.751. The average Bonchev–Trinajstić information content (AvgIpc) is 2.42. The van der Waals surface area contributed by atoms with E-state index in [-0.39, 0.29) is 0 Å². The summed E-state index contributed by atoms with van der Waals surface area (Å²) in [5, 5.41) is 4.37. The summed E-state index contributed by atoms with van der Waals surface area (Å²) in [6.07, 6.45) is 0. The van der Waals surface area contributed by atoms with Gasteiger partial charge in [0.15, 0.2) is 0 Å². The van der Waals surface area contributed by atoms with Gasteiger partial charge in [-0.2, -0.15) is 0 Å². The number of aromatic nitrogens is 1. The quantitative estimate of drug-likeness (QED) is 0.906. The average molecular weight is 311 g/mol. The molecule has 0 amide bonds. The van der Waals surface area contributed by atoms with Crippen LogP contribution in [0.1, 0.15) is 17.0 Å². The Bertz CT molecular complexity index is 602. The van der Waals surface area contributed by atoms with E-state index in [0.29, 0.717) is 23.2 Å². The van der Waals surface area contributed by atoms with E-state index in [1.807, 2.05) is 32.2 Å². The van der Waals surface area contributed by atoms with Gasteiger partial charge in [0.05, 0.1) is 5.69 Å². The van der Waals surface area contributed by atoms with E-state index in [0.717, 1.165) is 22.7 Å². The molecular weight excluding hydrogens is 295 g/mol. The van der Waals surface area contributed by atoms with Gasteiger partial charge in [-0.3, -0.25) is 4.98 Å². The molecule has 0 saturated carbocycles. The van der Waals surface area contributed by atoms with Crippen LogP contribution in [-0.2, 0) is 13.2 Å². The summed E-state index contributed by atoms with van der Waals surface area (Å²) in [7, 11) is 1.88. The summed E-state index contributed by atoms with van der Waals surface area (Å²) in [5.41, 5.74) is 2.70. The van der Waals surface area contributed by atoms with Crippen molar-refractivity contribution in [2.45, 2.75) is 20.1 Å². The Labute approximate surface area is 128 Å². The molecule has 0 aliphatic carbocycles. The molecule has 0 unspecified atom stereocenters. The van der Waals surface area contributed by atoms with Gasteiger partial charge in [0.2, 0.25) is 0 Å². The maximum absolute atomic E-state index is 6.12. The maximum atomic E-state index is 6.12. The Morgan fingerprint density at radius 2 is 2.00 bits per heavy atom. The molecule has 0 bridgehead atoms. The topological polar surface area (TPSA) is 34.2 Å². The number of benzene rings is 1. The van der Waals surface area contributed by atoms with Crippen LogP contribution in [0.25, 0.3) is 0 Å². The SMILES string of the molecule is CNCc1nc(C)ccc1OCc1cc(Cl)ccc1Cl. The minimum absolute atomic E-state index is 0.362. The molecule has 106 valence electrons. The summed E-state index contributed by atoms with van der Waals surface area (Å²) in [6.45, 7) is 2.97. The third-order valence-corrected chi connectivity index (χ3v) is 3.41. The number of hydrogen-bond acceptors (Lipinski definition) is 3. The lowest BCUT2D eigenvalue weighted by atomic mass is 10.2. The molecule has 1 aromatic heterocycles. The van der Waals surface area contributed by atoms with E-state index in [1.165, 1.54) is 0 Å².